The number of carbonyl (C=O) groups excluding carboxylic acids is 2. The molecular formula is C18H18F3N5O4. The van der Waals surface area contributed by atoms with Gasteiger partial charge in [-0.15, -0.1) is 13.2 Å². The van der Waals surface area contributed by atoms with Crippen molar-refractivity contribution in [1.29, 1.82) is 0 Å². The third-order valence-electron chi connectivity index (χ3n) is 4.30. The monoisotopic (exact) mass is 425 g/mol. The summed E-state index contributed by atoms with van der Waals surface area (Å²) in [5, 5.41) is 8.53. The highest BCUT2D eigenvalue weighted by atomic mass is 19.4. The number of aromatic amines is 1. The molecule has 0 spiro atoms. The number of anilines is 1. The first-order chi connectivity index (χ1) is 14.2. The number of alkyl halides is 3. The number of hydrogen-bond donors (Lipinski definition) is 2. The van der Waals surface area contributed by atoms with Crippen molar-refractivity contribution in [2.45, 2.75) is 6.36 Å². The summed E-state index contributed by atoms with van der Waals surface area (Å²) in [6.45, 7) is 1.76. The van der Waals surface area contributed by atoms with E-state index < -0.39 is 11.9 Å². The van der Waals surface area contributed by atoms with Crippen molar-refractivity contribution in [3.8, 4) is 5.75 Å². The Morgan fingerprint density at radius 3 is 2.30 bits per heavy atom. The molecule has 12 heteroatoms. The highest BCUT2D eigenvalue weighted by Gasteiger charge is 2.31. The van der Waals surface area contributed by atoms with E-state index in [1.807, 2.05) is 4.90 Å². The Kier molecular flexibility index (Phi) is 6.35. The van der Waals surface area contributed by atoms with Crippen LogP contribution in [-0.2, 0) is 4.79 Å². The molecule has 1 aliphatic heterocycles. The summed E-state index contributed by atoms with van der Waals surface area (Å²) in [7, 11) is 0. The molecular weight excluding hydrogens is 407 g/mol. The molecule has 1 saturated heterocycles. The van der Waals surface area contributed by atoms with E-state index in [4.69, 9.17) is 0 Å². The number of nitrogens with zero attached hydrogens (tertiary/aromatic N) is 3. The fourth-order valence-corrected chi connectivity index (χ4v) is 2.88. The second-order valence-corrected chi connectivity index (χ2v) is 6.50. The van der Waals surface area contributed by atoms with Gasteiger partial charge in [-0.2, -0.15) is 5.10 Å². The topological polar surface area (TPSA) is 108 Å². The molecule has 1 fully saturated rings. The lowest BCUT2D eigenvalue weighted by atomic mass is 10.2. The number of hydrogen-bond acceptors (Lipinski definition) is 6. The van der Waals surface area contributed by atoms with Crippen LogP contribution in [0.5, 0.6) is 5.75 Å². The molecule has 0 atom stereocenters. The highest BCUT2D eigenvalue weighted by molar-refractivity contribution is 5.93. The van der Waals surface area contributed by atoms with Crippen molar-refractivity contribution < 1.29 is 27.5 Å². The first-order valence-electron chi connectivity index (χ1n) is 8.93. The molecule has 1 aliphatic rings. The van der Waals surface area contributed by atoms with Crippen LogP contribution in [0.15, 0.2) is 41.2 Å². The van der Waals surface area contributed by atoms with Crippen molar-refractivity contribution in [1.82, 2.24) is 20.0 Å². The van der Waals surface area contributed by atoms with Crippen LogP contribution in [-0.4, -0.2) is 70.9 Å². The predicted octanol–water partition coefficient (Wildman–Crippen LogP) is 1.06. The molecule has 9 nitrogen and oxygen atoms in total. The maximum Gasteiger partial charge on any atom is 0.573 e. The second-order valence-electron chi connectivity index (χ2n) is 6.50. The number of ether oxygens (including phenoxy) is 1. The van der Waals surface area contributed by atoms with Crippen LogP contribution in [0.25, 0.3) is 0 Å². The third-order valence-corrected chi connectivity index (χ3v) is 4.30. The maximum absolute atomic E-state index is 12.4. The smallest absolute Gasteiger partial charge is 0.406 e. The summed E-state index contributed by atoms with van der Waals surface area (Å²) < 4.78 is 40.3. The Morgan fingerprint density at radius 2 is 1.73 bits per heavy atom. The number of amides is 2. The Balaban J connectivity index is 1.45. The molecule has 2 N–H and O–H groups in total. The van der Waals surface area contributed by atoms with Crippen molar-refractivity contribution in [3.63, 3.8) is 0 Å². The molecule has 1 aromatic heterocycles. The van der Waals surface area contributed by atoms with Crippen LogP contribution < -0.4 is 15.6 Å². The first kappa shape index (κ1) is 21.3. The van der Waals surface area contributed by atoms with Crippen molar-refractivity contribution >= 4 is 17.5 Å². The SMILES string of the molecule is O=C(CN1CCN(C(=O)c2ccc(=O)[nH]n2)CC1)Nc1ccc(OC(F)(F)F)cc1. The second kappa shape index (κ2) is 8.95. The van der Waals surface area contributed by atoms with E-state index in [1.165, 1.54) is 24.3 Å². The zero-order valence-electron chi connectivity index (χ0n) is 15.6. The third kappa shape index (κ3) is 6.04. The Hall–Kier alpha value is -3.41. The summed E-state index contributed by atoms with van der Waals surface area (Å²) >= 11 is 0. The number of H-pyrrole nitrogens is 1. The highest BCUT2D eigenvalue weighted by Crippen LogP contribution is 2.23. The zero-order chi connectivity index (χ0) is 21.7. The lowest BCUT2D eigenvalue weighted by Gasteiger charge is -2.34. The minimum absolute atomic E-state index is 0.0692. The summed E-state index contributed by atoms with van der Waals surface area (Å²) in [6.07, 6.45) is -4.78. The van der Waals surface area contributed by atoms with Gasteiger partial charge in [-0.1, -0.05) is 0 Å². The fraction of sp³-hybridized carbons (Fsp3) is 0.333. The van der Waals surface area contributed by atoms with E-state index in [2.05, 4.69) is 20.3 Å². The van der Waals surface area contributed by atoms with Gasteiger partial charge in [0.2, 0.25) is 5.91 Å². The average Bonchev–Trinajstić information content (AvgIpc) is 2.69. The normalized spacial score (nSPS) is 15.0. The summed E-state index contributed by atoms with van der Waals surface area (Å²) in [5.74, 6) is -1.02. The number of halogens is 3. The van der Waals surface area contributed by atoms with Crippen LogP contribution in [0.3, 0.4) is 0 Å². The minimum Gasteiger partial charge on any atom is -0.406 e. The van der Waals surface area contributed by atoms with Gasteiger partial charge in [0.05, 0.1) is 6.54 Å². The Labute approximate surface area is 168 Å². The first-order valence-corrected chi connectivity index (χ1v) is 8.93. The molecule has 2 aromatic rings. The number of rotatable bonds is 5. The molecule has 1 aromatic carbocycles. The number of piperazine rings is 1. The van der Waals surface area contributed by atoms with Crippen LogP contribution >= 0.6 is 0 Å². The molecule has 160 valence electrons. The van der Waals surface area contributed by atoms with Crippen molar-refractivity contribution in [2.75, 3.05) is 38.0 Å². The Morgan fingerprint density at radius 1 is 1.07 bits per heavy atom. The van der Waals surface area contributed by atoms with Gasteiger partial charge in [-0.3, -0.25) is 19.3 Å². The number of aromatic nitrogens is 2. The van der Waals surface area contributed by atoms with E-state index in [1.54, 1.807) is 4.90 Å². The summed E-state index contributed by atoms with van der Waals surface area (Å²) in [6, 6.07) is 7.42. The zero-order valence-corrected chi connectivity index (χ0v) is 15.6. The van der Waals surface area contributed by atoms with Crippen LogP contribution in [0.1, 0.15) is 10.5 Å². The van der Waals surface area contributed by atoms with Gasteiger partial charge in [-0.05, 0) is 30.3 Å². The van der Waals surface area contributed by atoms with Gasteiger partial charge >= 0.3 is 6.36 Å². The van der Waals surface area contributed by atoms with Gasteiger partial charge in [0.1, 0.15) is 11.4 Å². The van der Waals surface area contributed by atoms with Crippen LogP contribution in [0.2, 0.25) is 0 Å². The Bertz CT molecular complexity index is 933. The van der Waals surface area contributed by atoms with Crippen molar-refractivity contribution in [3.05, 3.63) is 52.4 Å². The number of carbonyl (C=O) groups is 2. The lowest BCUT2D eigenvalue weighted by Crippen LogP contribution is -2.50. The molecule has 0 unspecified atom stereocenters. The average molecular weight is 425 g/mol. The van der Waals surface area contributed by atoms with E-state index in [-0.39, 0.29) is 29.8 Å². The molecule has 3 rings (SSSR count). The maximum atomic E-state index is 12.4. The van der Waals surface area contributed by atoms with E-state index in [9.17, 15) is 27.6 Å². The quantitative estimate of drug-likeness (QED) is 0.742. The van der Waals surface area contributed by atoms with E-state index in [0.29, 0.717) is 31.9 Å². The van der Waals surface area contributed by atoms with Gasteiger partial charge in [0.15, 0.2) is 0 Å². The molecule has 2 heterocycles. The van der Waals surface area contributed by atoms with E-state index >= 15 is 0 Å². The molecule has 30 heavy (non-hydrogen) atoms. The molecule has 2 amide bonds. The minimum atomic E-state index is -4.78. The number of benzene rings is 1. The standard InChI is InChI=1S/C18H18F3N5O4/c19-18(20,21)30-13-3-1-12(2-4-13)22-16(28)11-25-7-9-26(10-8-25)17(29)14-5-6-15(27)24-23-14/h1-6H,7-11H2,(H,22,28)(H,24,27). The molecule has 0 bridgehead atoms. The van der Waals surface area contributed by atoms with Gasteiger partial charge in [0, 0.05) is 37.9 Å². The van der Waals surface area contributed by atoms with E-state index in [0.717, 1.165) is 12.1 Å². The fourth-order valence-electron chi connectivity index (χ4n) is 2.88. The molecule has 0 saturated carbocycles. The lowest BCUT2D eigenvalue weighted by molar-refractivity contribution is -0.274. The van der Waals surface area contributed by atoms with Gasteiger partial charge in [0.25, 0.3) is 11.5 Å². The van der Waals surface area contributed by atoms with Gasteiger partial charge in [-0.25, -0.2) is 5.10 Å². The summed E-state index contributed by atoms with van der Waals surface area (Å²) in [4.78, 5) is 39.0. The largest absolute Gasteiger partial charge is 0.573 e. The van der Waals surface area contributed by atoms with Crippen LogP contribution in [0, 0.1) is 0 Å². The van der Waals surface area contributed by atoms with Crippen LogP contribution in [0.4, 0.5) is 18.9 Å². The predicted molar refractivity (Wildman–Crippen MR) is 99.0 cm³/mol. The number of nitrogens with one attached hydrogen (secondary N) is 2. The van der Waals surface area contributed by atoms with Gasteiger partial charge < -0.3 is 15.0 Å². The van der Waals surface area contributed by atoms with Crippen molar-refractivity contribution in [2.24, 2.45) is 0 Å². The molecule has 0 aliphatic carbocycles. The molecule has 0 radical (unpaired) electrons. The summed E-state index contributed by atoms with van der Waals surface area (Å²) in [5.41, 5.74) is 0.0797.